The molecule has 0 unspecified atom stereocenters. The quantitative estimate of drug-likeness (QED) is 0.759. The van der Waals surface area contributed by atoms with Gasteiger partial charge in [-0.25, -0.2) is 0 Å². The number of benzene rings is 1. The fourth-order valence-electron chi connectivity index (χ4n) is 3.55. The first-order chi connectivity index (χ1) is 11.8. The fraction of sp³-hybridized carbons (Fsp3) is 0.300. The van der Waals surface area contributed by atoms with E-state index in [1.165, 1.54) is 25.7 Å². The van der Waals surface area contributed by atoms with Crippen molar-refractivity contribution in [1.82, 2.24) is 15.3 Å². The van der Waals surface area contributed by atoms with E-state index in [1.807, 2.05) is 42.6 Å². The summed E-state index contributed by atoms with van der Waals surface area (Å²) in [4.78, 5) is 20.0. The summed E-state index contributed by atoms with van der Waals surface area (Å²) in [7, 11) is 0. The maximum Gasteiger partial charge on any atom is 0.251 e. The van der Waals surface area contributed by atoms with Gasteiger partial charge in [0.15, 0.2) is 0 Å². The third-order valence-electron chi connectivity index (χ3n) is 4.93. The van der Waals surface area contributed by atoms with Crippen LogP contribution < -0.4 is 5.32 Å². The predicted octanol–water partition coefficient (Wildman–Crippen LogP) is 4.15. The number of aromatic nitrogens is 2. The van der Waals surface area contributed by atoms with Crippen LogP contribution in [-0.4, -0.2) is 22.4 Å². The normalized spacial score (nSPS) is 15.0. The van der Waals surface area contributed by atoms with Gasteiger partial charge in [0, 0.05) is 41.0 Å². The first-order valence-electron chi connectivity index (χ1n) is 8.62. The van der Waals surface area contributed by atoms with E-state index in [0.717, 1.165) is 28.7 Å². The Morgan fingerprint density at radius 2 is 1.92 bits per heavy atom. The van der Waals surface area contributed by atoms with E-state index in [2.05, 4.69) is 15.3 Å². The molecule has 1 aliphatic carbocycles. The highest BCUT2D eigenvalue weighted by molar-refractivity contribution is 5.96. The molecule has 4 heteroatoms. The Morgan fingerprint density at radius 3 is 2.71 bits per heavy atom. The molecule has 0 aliphatic heterocycles. The van der Waals surface area contributed by atoms with E-state index < -0.39 is 0 Å². The van der Waals surface area contributed by atoms with Crippen molar-refractivity contribution in [3.05, 3.63) is 54.4 Å². The second-order valence-corrected chi connectivity index (χ2v) is 6.54. The average molecular weight is 319 g/mol. The van der Waals surface area contributed by atoms with E-state index in [4.69, 9.17) is 0 Å². The lowest BCUT2D eigenvalue weighted by molar-refractivity contribution is 0.0947. The van der Waals surface area contributed by atoms with Gasteiger partial charge < -0.3 is 10.3 Å². The molecular formula is C20H21N3O. The molecule has 0 atom stereocenters. The monoisotopic (exact) mass is 319 g/mol. The molecule has 0 radical (unpaired) electrons. The first-order valence-corrected chi connectivity index (χ1v) is 8.62. The number of pyridine rings is 1. The number of carbonyl (C=O) groups excluding carboxylic acids is 1. The van der Waals surface area contributed by atoms with E-state index in [1.54, 1.807) is 6.20 Å². The number of H-pyrrole nitrogens is 1. The maximum atomic E-state index is 12.3. The zero-order valence-electron chi connectivity index (χ0n) is 13.6. The van der Waals surface area contributed by atoms with Gasteiger partial charge in [-0.1, -0.05) is 25.0 Å². The smallest absolute Gasteiger partial charge is 0.251 e. The molecule has 2 heterocycles. The van der Waals surface area contributed by atoms with Crippen molar-refractivity contribution in [2.75, 3.05) is 6.54 Å². The van der Waals surface area contributed by atoms with Gasteiger partial charge in [0.2, 0.25) is 0 Å². The Balaban J connectivity index is 1.50. The maximum absolute atomic E-state index is 12.3. The van der Waals surface area contributed by atoms with Gasteiger partial charge in [0.1, 0.15) is 0 Å². The van der Waals surface area contributed by atoms with Crippen LogP contribution >= 0.6 is 0 Å². The molecule has 1 aromatic carbocycles. The largest absolute Gasteiger partial charge is 0.361 e. The summed E-state index contributed by atoms with van der Waals surface area (Å²) in [5.74, 6) is 0.671. The molecule has 0 saturated heterocycles. The summed E-state index contributed by atoms with van der Waals surface area (Å²) in [6.07, 6.45) is 8.80. The predicted molar refractivity (Wildman–Crippen MR) is 95.8 cm³/mol. The zero-order chi connectivity index (χ0) is 16.4. The Kier molecular flexibility index (Phi) is 4.03. The fourth-order valence-corrected chi connectivity index (χ4v) is 3.55. The van der Waals surface area contributed by atoms with Crippen LogP contribution in [0.3, 0.4) is 0 Å². The topological polar surface area (TPSA) is 57.8 Å². The van der Waals surface area contributed by atoms with Crippen LogP contribution in [0.15, 0.2) is 48.8 Å². The minimum Gasteiger partial charge on any atom is -0.361 e. The van der Waals surface area contributed by atoms with Gasteiger partial charge in [0.25, 0.3) is 5.91 Å². The molecule has 3 aromatic rings. The van der Waals surface area contributed by atoms with E-state index in [-0.39, 0.29) is 5.91 Å². The van der Waals surface area contributed by atoms with Crippen molar-refractivity contribution in [2.24, 2.45) is 5.92 Å². The van der Waals surface area contributed by atoms with Crippen molar-refractivity contribution in [2.45, 2.75) is 25.7 Å². The number of fused-ring (bicyclic) bond motifs is 1. The molecule has 122 valence electrons. The Bertz CT molecular complexity index is 845. The lowest BCUT2D eigenvalue weighted by Gasteiger charge is -2.11. The molecular weight excluding hydrogens is 298 g/mol. The molecule has 1 fully saturated rings. The molecule has 1 amide bonds. The van der Waals surface area contributed by atoms with Crippen LogP contribution in [0.25, 0.3) is 22.2 Å². The highest BCUT2D eigenvalue weighted by Gasteiger charge is 2.16. The third-order valence-corrected chi connectivity index (χ3v) is 4.93. The van der Waals surface area contributed by atoms with Crippen LogP contribution in [0.5, 0.6) is 0 Å². The van der Waals surface area contributed by atoms with Crippen molar-refractivity contribution in [3.8, 4) is 11.3 Å². The van der Waals surface area contributed by atoms with Crippen LogP contribution in [0, 0.1) is 5.92 Å². The van der Waals surface area contributed by atoms with Gasteiger partial charge in [-0.05, 0) is 43.0 Å². The summed E-state index contributed by atoms with van der Waals surface area (Å²) in [5.41, 5.74) is 3.73. The van der Waals surface area contributed by atoms with E-state index >= 15 is 0 Å². The second kappa shape index (κ2) is 6.48. The van der Waals surface area contributed by atoms with Crippen LogP contribution in [0.2, 0.25) is 0 Å². The van der Waals surface area contributed by atoms with E-state index in [9.17, 15) is 4.79 Å². The van der Waals surface area contributed by atoms with Gasteiger partial charge in [0.05, 0.1) is 5.69 Å². The zero-order valence-corrected chi connectivity index (χ0v) is 13.6. The van der Waals surface area contributed by atoms with Crippen LogP contribution in [-0.2, 0) is 0 Å². The standard InChI is InChI=1S/C20H21N3O/c24-20(23-13-14-3-1-2-4-14)16-7-5-15(6-8-16)19-17-9-11-21-18(17)10-12-22-19/h5-12,14,21H,1-4,13H2,(H,23,24). The van der Waals surface area contributed by atoms with Gasteiger partial charge in [-0.3, -0.25) is 9.78 Å². The number of carbonyl (C=O) groups is 1. The SMILES string of the molecule is O=C(NCC1CCCC1)c1ccc(-c2nccc3[nH]ccc23)cc1. The molecule has 0 bridgehead atoms. The van der Waals surface area contributed by atoms with Crippen molar-refractivity contribution < 1.29 is 4.79 Å². The molecule has 4 nitrogen and oxygen atoms in total. The third kappa shape index (κ3) is 2.92. The Hall–Kier alpha value is -2.62. The lowest BCUT2D eigenvalue weighted by Crippen LogP contribution is -2.28. The summed E-state index contributed by atoms with van der Waals surface area (Å²) in [6.45, 7) is 0.796. The number of aromatic amines is 1. The van der Waals surface area contributed by atoms with E-state index in [0.29, 0.717) is 11.5 Å². The summed E-state index contributed by atoms with van der Waals surface area (Å²) >= 11 is 0. The Morgan fingerprint density at radius 1 is 1.12 bits per heavy atom. The van der Waals surface area contributed by atoms with Crippen molar-refractivity contribution >= 4 is 16.8 Å². The number of hydrogen-bond donors (Lipinski definition) is 2. The Labute approximate surface area is 141 Å². The second-order valence-electron chi connectivity index (χ2n) is 6.54. The molecule has 1 saturated carbocycles. The number of amides is 1. The molecule has 1 aliphatic rings. The summed E-state index contributed by atoms with van der Waals surface area (Å²) in [6, 6.07) is 11.7. The van der Waals surface area contributed by atoms with Gasteiger partial charge in [-0.2, -0.15) is 0 Å². The minimum absolute atomic E-state index is 0.0151. The summed E-state index contributed by atoms with van der Waals surface area (Å²) < 4.78 is 0. The molecule has 2 N–H and O–H groups in total. The average Bonchev–Trinajstić information content (AvgIpc) is 3.31. The van der Waals surface area contributed by atoms with Crippen molar-refractivity contribution in [3.63, 3.8) is 0 Å². The molecule has 0 spiro atoms. The highest BCUT2D eigenvalue weighted by atomic mass is 16.1. The molecule has 4 rings (SSSR count). The van der Waals surface area contributed by atoms with Crippen molar-refractivity contribution in [1.29, 1.82) is 0 Å². The highest BCUT2D eigenvalue weighted by Crippen LogP contribution is 2.26. The molecule has 2 aromatic heterocycles. The van der Waals surface area contributed by atoms with Crippen LogP contribution in [0.4, 0.5) is 0 Å². The molecule has 24 heavy (non-hydrogen) atoms. The summed E-state index contributed by atoms with van der Waals surface area (Å²) in [5, 5.41) is 4.16. The van der Waals surface area contributed by atoms with Gasteiger partial charge in [-0.15, -0.1) is 0 Å². The van der Waals surface area contributed by atoms with Gasteiger partial charge >= 0.3 is 0 Å². The lowest BCUT2D eigenvalue weighted by atomic mass is 10.0. The van der Waals surface area contributed by atoms with Crippen LogP contribution in [0.1, 0.15) is 36.0 Å². The number of rotatable bonds is 4. The number of hydrogen-bond acceptors (Lipinski definition) is 2. The number of nitrogens with one attached hydrogen (secondary N) is 2. The minimum atomic E-state index is 0.0151. The number of nitrogens with zero attached hydrogens (tertiary/aromatic N) is 1. The first kappa shape index (κ1) is 14.9.